The van der Waals surface area contributed by atoms with E-state index in [1.54, 1.807) is 6.92 Å². The molecule has 0 amide bonds. The van der Waals surface area contributed by atoms with Crippen LogP contribution in [0.4, 0.5) is 0 Å². The summed E-state index contributed by atoms with van der Waals surface area (Å²) in [5.41, 5.74) is 2.04. The molecule has 0 aliphatic heterocycles. The van der Waals surface area contributed by atoms with E-state index in [1.807, 2.05) is 54.0 Å². The van der Waals surface area contributed by atoms with Gasteiger partial charge in [-0.2, -0.15) is 0 Å². The van der Waals surface area contributed by atoms with E-state index in [9.17, 15) is 4.79 Å². The summed E-state index contributed by atoms with van der Waals surface area (Å²) in [5.74, 6) is 0.471. The van der Waals surface area contributed by atoms with Crippen LogP contribution in [0.15, 0.2) is 59.8 Å². The molecule has 3 aromatic rings. The first-order chi connectivity index (χ1) is 13.1. The number of esters is 1. The monoisotopic (exact) mass is 401 g/mol. The summed E-state index contributed by atoms with van der Waals surface area (Å²) in [5, 5.41) is 9.66. The summed E-state index contributed by atoms with van der Waals surface area (Å²) in [7, 11) is 0. The minimum atomic E-state index is -0.373. The Balaban J connectivity index is 1.95. The lowest BCUT2D eigenvalue weighted by Gasteiger charge is -2.13. The van der Waals surface area contributed by atoms with Crippen molar-refractivity contribution in [3.63, 3.8) is 0 Å². The number of carbonyl (C=O) groups is 1. The third-order valence-electron chi connectivity index (χ3n) is 3.90. The quantitative estimate of drug-likeness (QED) is 0.424. The van der Waals surface area contributed by atoms with E-state index in [0.29, 0.717) is 23.3 Å². The summed E-state index contributed by atoms with van der Waals surface area (Å²) in [6.45, 7) is 4.57. The second-order valence-electron chi connectivity index (χ2n) is 5.90. The largest absolute Gasteiger partial charge is 0.465 e. The highest BCUT2D eigenvalue weighted by atomic mass is 35.5. The number of rotatable bonds is 7. The molecule has 27 heavy (non-hydrogen) atoms. The third kappa shape index (κ3) is 4.90. The second-order valence-corrected chi connectivity index (χ2v) is 7.64. The summed E-state index contributed by atoms with van der Waals surface area (Å²) in [6, 6.07) is 17.6. The number of halogens is 1. The van der Waals surface area contributed by atoms with E-state index in [4.69, 9.17) is 16.3 Å². The van der Waals surface area contributed by atoms with Crippen molar-refractivity contribution in [3.8, 4) is 11.4 Å². The summed E-state index contributed by atoms with van der Waals surface area (Å²) < 4.78 is 7.12. The fourth-order valence-electron chi connectivity index (χ4n) is 2.56. The minimum absolute atomic E-state index is 0.259. The summed E-state index contributed by atoms with van der Waals surface area (Å²) in [4.78, 5) is 12.0. The molecule has 0 radical (unpaired) electrons. The van der Waals surface area contributed by atoms with Crippen LogP contribution in [0.3, 0.4) is 0 Å². The zero-order chi connectivity index (χ0) is 19.2. The highest BCUT2D eigenvalue weighted by Crippen LogP contribution is 2.28. The number of ether oxygens (including phenoxy) is 1. The highest BCUT2D eigenvalue weighted by Gasteiger charge is 2.21. The molecule has 5 nitrogen and oxygen atoms in total. The number of aromatic nitrogens is 3. The van der Waals surface area contributed by atoms with Gasteiger partial charge in [-0.15, -0.1) is 10.2 Å². The molecule has 0 aliphatic carbocycles. The smallest absolute Gasteiger partial charge is 0.319 e. The summed E-state index contributed by atoms with van der Waals surface area (Å²) in [6.07, 6.45) is 0. The van der Waals surface area contributed by atoms with Crippen LogP contribution in [0.2, 0.25) is 5.02 Å². The van der Waals surface area contributed by atoms with Gasteiger partial charge in [0.15, 0.2) is 11.0 Å². The van der Waals surface area contributed by atoms with Gasteiger partial charge in [-0.05, 0) is 43.7 Å². The second kappa shape index (κ2) is 9.06. The van der Waals surface area contributed by atoms with Crippen molar-refractivity contribution in [2.75, 3.05) is 6.61 Å². The van der Waals surface area contributed by atoms with Crippen LogP contribution >= 0.6 is 23.4 Å². The Bertz CT molecular complexity index is 897. The molecule has 0 spiro atoms. The maximum Gasteiger partial charge on any atom is 0.319 e. The molecule has 7 heteroatoms. The number of benzene rings is 2. The number of hydrogen-bond donors (Lipinski definition) is 0. The van der Waals surface area contributed by atoms with Gasteiger partial charge in [0.1, 0.15) is 5.25 Å². The fourth-order valence-corrected chi connectivity index (χ4v) is 3.54. The molecule has 3 rings (SSSR count). The van der Waals surface area contributed by atoms with E-state index in [2.05, 4.69) is 22.3 Å². The lowest BCUT2D eigenvalue weighted by atomic mass is 10.2. The molecular formula is C20H20ClN3O2S. The van der Waals surface area contributed by atoms with Gasteiger partial charge in [-0.1, -0.05) is 53.7 Å². The van der Waals surface area contributed by atoms with Crippen LogP contribution in [0.1, 0.15) is 19.4 Å². The van der Waals surface area contributed by atoms with Crippen LogP contribution in [0.25, 0.3) is 11.4 Å². The number of nitrogens with zero attached hydrogens (tertiary/aromatic N) is 3. The van der Waals surface area contributed by atoms with Crippen LogP contribution < -0.4 is 0 Å². The first-order valence-electron chi connectivity index (χ1n) is 8.65. The van der Waals surface area contributed by atoms with E-state index in [-0.39, 0.29) is 11.2 Å². The van der Waals surface area contributed by atoms with E-state index in [0.717, 1.165) is 17.0 Å². The van der Waals surface area contributed by atoms with Gasteiger partial charge in [0.05, 0.1) is 13.2 Å². The Morgan fingerprint density at radius 3 is 2.52 bits per heavy atom. The van der Waals surface area contributed by atoms with Crippen molar-refractivity contribution in [3.05, 3.63) is 65.2 Å². The molecule has 1 heterocycles. The minimum Gasteiger partial charge on any atom is -0.465 e. The standard InChI is InChI=1S/C20H20ClN3O2S/c1-3-26-19(25)14(2)27-20-23-22-18(16-9-11-17(21)12-10-16)24(20)13-15-7-5-4-6-8-15/h4-12,14H,3,13H2,1-2H3. The van der Waals surface area contributed by atoms with Crippen molar-refractivity contribution >= 4 is 29.3 Å². The zero-order valence-corrected chi connectivity index (χ0v) is 16.7. The lowest BCUT2D eigenvalue weighted by Crippen LogP contribution is -2.17. The van der Waals surface area contributed by atoms with Gasteiger partial charge in [0.2, 0.25) is 0 Å². The highest BCUT2D eigenvalue weighted by molar-refractivity contribution is 8.00. The first kappa shape index (κ1) is 19.5. The molecule has 1 aromatic heterocycles. The number of carbonyl (C=O) groups excluding carboxylic acids is 1. The van der Waals surface area contributed by atoms with E-state index >= 15 is 0 Å². The Hall–Kier alpha value is -2.31. The van der Waals surface area contributed by atoms with Gasteiger partial charge in [0.25, 0.3) is 0 Å². The van der Waals surface area contributed by atoms with Crippen LogP contribution in [-0.2, 0) is 16.1 Å². The van der Waals surface area contributed by atoms with Crippen molar-refractivity contribution < 1.29 is 9.53 Å². The van der Waals surface area contributed by atoms with Crippen molar-refractivity contribution in [2.45, 2.75) is 30.8 Å². The van der Waals surface area contributed by atoms with Gasteiger partial charge in [0, 0.05) is 10.6 Å². The van der Waals surface area contributed by atoms with Crippen molar-refractivity contribution in [1.29, 1.82) is 0 Å². The zero-order valence-electron chi connectivity index (χ0n) is 15.1. The van der Waals surface area contributed by atoms with Crippen LogP contribution in [0, 0.1) is 0 Å². The van der Waals surface area contributed by atoms with Crippen molar-refractivity contribution in [2.24, 2.45) is 0 Å². The molecule has 0 saturated heterocycles. The van der Waals surface area contributed by atoms with Crippen molar-refractivity contribution in [1.82, 2.24) is 14.8 Å². The third-order valence-corrected chi connectivity index (χ3v) is 5.21. The fraction of sp³-hybridized carbons (Fsp3) is 0.250. The molecule has 0 N–H and O–H groups in total. The van der Waals surface area contributed by atoms with Crippen LogP contribution in [0.5, 0.6) is 0 Å². The molecule has 0 aliphatic rings. The molecule has 140 valence electrons. The number of thioether (sulfide) groups is 1. The lowest BCUT2D eigenvalue weighted by molar-refractivity contribution is -0.142. The maximum absolute atomic E-state index is 12.0. The van der Waals surface area contributed by atoms with E-state index < -0.39 is 0 Å². The Kier molecular flexibility index (Phi) is 6.53. The Labute approximate surface area is 167 Å². The molecule has 0 bridgehead atoms. The average molecular weight is 402 g/mol. The molecule has 1 unspecified atom stereocenters. The summed E-state index contributed by atoms with van der Waals surface area (Å²) >= 11 is 7.35. The average Bonchev–Trinajstić information content (AvgIpc) is 3.05. The number of hydrogen-bond acceptors (Lipinski definition) is 5. The molecule has 2 aromatic carbocycles. The molecule has 0 saturated carbocycles. The Morgan fingerprint density at radius 2 is 1.85 bits per heavy atom. The molecule has 1 atom stereocenters. The molecular weight excluding hydrogens is 382 g/mol. The first-order valence-corrected chi connectivity index (χ1v) is 9.90. The van der Waals surface area contributed by atoms with Crippen LogP contribution in [-0.4, -0.2) is 32.6 Å². The predicted molar refractivity (Wildman–Crippen MR) is 108 cm³/mol. The van der Waals surface area contributed by atoms with Gasteiger partial charge in [-0.3, -0.25) is 9.36 Å². The molecule has 0 fully saturated rings. The van der Waals surface area contributed by atoms with Gasteiger partial charge >= 0.3 is 5.97 Å². The van der Waals surface area contributed by atoms with Gasteiger partial charge in [-0.25, -0.2) is 0 Å². The Morgan fingerprint density at radius 1 is 1.15 bits per heavy atom. The van der Waals surface area contributed by atoms with E-state index in [1.165, 1.54) is 11.8 Å². The SMILES string of the molecule is CCOC(=O)C(C)Sc1nnc(-c2ccc(Cl)cc2)n1Cc1ccccc1. The maximum atomic E-state index is 12.0. The topological polar surface area (TPSA) is 57.0 Å². The predicted octanol–water partition coefficient (Wildman–Crippen LogP) is 4.69. The normalized spacial score (nSPS) is 12.0. The van der Waals surface area contributed by atoms with Gasteiger partial charge < -0.3 is 4.74 Å².